The molecule has 0 aromatic carbocycles. The number of rotatable bonds is 2. The summed E-state index contributed by atoms with van der Waals surface area (Å²) in [6, 6.07) is 2.14. The van der Waals surface area contributed by atoms with E-state index in [9.17, 15) is 4.39 Å². The molecule has 1 aliphatic carbocycles. The Balaban J connectivity index is 2.92. The fraction of sp³-hybridized carbons (Fsp3) is 0.312. The van der Waals surface area contributed by atoms with Crippen LogP contribution >= 0.6 is 0 Å². The Bertz CT molecular complexity index is 502. The molecule has 1 aliphatic rings. The van der Waals surface area contributed by atoms with E-state index >= 15 is 0 Å². The molecule has 1 nitrogen and oxygen atoms in total. The highest BCUT2D eigenvalue weighted by molar-refractivity contribution is 5.48. The van der Waals surface area contributed by atoms with Crippen LogP contribution in [0.15, 0.2) is 59.5 Å². The van der Waals surface area contributed by atoms with Gasteiger partial charge in [0.1, 0.15) is 5.83 Å². The maximum absolute atomic E-state index is 12.8. The third-order valence-corrected chi connectivity index (χ3v) is 2.84. The fourth-order valence-corrected chi connectivity index (χ4v) is 1.37. The van der Waals surface area contributed by atoms with E-state index in [1.165, 1.54) is 12.2 Å². The molecular formula is C16H18FN. The van der Waals surface area contributed by atoms with Gasteiger partial charge in [0.2, 0.25) is 0 Å². The first-order valence-electron chi connectivity index (χ1n) is 5.89. The second-order valence-electron chi connectivity index (χ2n) is 5.29. The first-order chi connectivity index (χ1) is 8.34. The highest BCUT2D eigenvalue weighted by Gasteiger charge is 2.12. The van der Waals surface area contributed by atoms with Crippen molar-refractivity contribution in [2.24, 2.45) is 5.41 Å². The molecule has 0 aliphatic heterocycles. The van der Waals surface area contributed by atoms with Gasteiger partial charge in [-0.2, -0.15) is 5.26 Å². The molecule has 94 valence electrons. The molecule has 0 unspecified atom stereocenters. The summed E-state index contributed by atoms with van der Waals surface area (Å²) in [5.41, 5.74) is 2.32. The molecule has 0 bridgehead atoms. The minimum absolute atomic E-state index is 0.0177. The standard InChI is InChI=1S/C16H18FN/c1-12(16(2,3)4)5-6-14(11-18)13-7-9-15(17)10-8-13/h5-7,9-10H,1,8H2,2-4H3/b6-5-,14-13+. The molecule has 0 atom stereocenters. The van der Waals surface area contributed by atoms with Crippen molar-refractivity contribution < 1.29 is 4.39 Å². The highest BCUT2D eigenvalue weighted by atomic mass is 19.1. The van der Waals surface area contributed by atoms with Gasteiger partial charge in [-0.05, 0) is 41.2 Å². The summed E-state index contributed by atoms with van der Waals surface area (Å²) >= 11 is 0. The quantitative estimate of drug-likeness (QED) is 0.506. The SMILES string of the molecule is C=C(/C=C\C(C#N)=C1\C=CC(F)=CC1)C(C)(C)C. The second-order valence-corrected chi connectivity index (χ2v) is 5.29. The van der Waals surface area contributed by atoms with Gasteiger partial charge in [0.05, 0.1) is 11.6 Å². The lowest BCUT2D eigenvalue weighted by Gasteiger charge is -2.18. The van der Waals surface area contributed by atoms with Gasteiger partial charge in [0.25, 0.3) is 0 Å². The van der Waals surface area contributed by atoms with Gasteiger partial charge in [-0.1, -0.05) is 39.5 Å². The molecule has 2 heteroatoms. The van der Waals surface area contributed by atoms with E-state index < -0.39 is 0 Å². The molecule has 0 amide bonds. The monoisotopic (exact) mass is 243 g/mol. The largest absolute Gasteiger partial charge is 0.207 e. The summed E-state index contributed by atoms with van der Waals surface area (Å²) in [6.45, 7) is 10.2. The molecule has 1 rings (SSSR count). The number of allylic oxidation sites excluding steroid dienone is 9. The van der Waals surface area contributed by atoms with Crippen molar-refractivity contribution in [2.45, 2.75) is 27.2 Å². The third kappa shape index (κ3) is 3.85. The maximum atomic E-state index is 12.8. The molecule has 18 heavy (non-hydrogen) atoms. The molecule has 0 saturated heterocycles. The number of nitriles is 1. The van der Waals surface area contributed by atoms with Crippen molar-refractivity contribution in [1.82, 2.24) is 0 Å². The van der Waals surface area contributed by atoms with Crippen LogP contribution in [0, 0.1) is 16.7 Å². The summed E-state index contributed by atoms with van der Waals surface area (Å²) < 4.78 is 12.8. The smallest absolute Gasteiger partial charge is 0.119 e. The zero-order valence-electron chi connectivity index (χ0n) is 11.1. The van der Waals surface area contributed by atoms with Crippen LogP contribution in [0.3, 0.4) is 0 Å². The van der Waals surface area contributed by atoms with E-state index in [0.29, 0.717) is 12.0 Å². The first kappa shape index (κ1) is 14.2. The summed E-state index contributed by atoms with van der Waals surface area (Å²) in [7, 11) is 0. The predicted octanol–water partition coefficient (Wildman–Crippen LogP) is 4.78. The van der Waals surface area contributed by atoms with Gasteiger partial charge in [-0.15, -0.1) is 0 Å². The lowest BCUT2D eigenvalue weighted by Crippen LogP contribution is -2.05. The van der Waals surface area contributed by atoms with Gasteiger partial charge in [-0.3, -0.25) is 0 Å². The normalized spacial score (nSPS) is 18.5. The van der Waals surface area contributed by atoms with Crippen molar-refractivity contribution in [3.63, 3.8) is 0 Å². The number of hydrogen-bond acceptors (Lipinski definition) is 1. The van der Waals surface area contributed by atoms with E-state index in [0.717, 1.165) is 11.1 Å². The topological polar surface area (TPSA) is 23.8 Å². The van der Waals surface area contributed by atoms with E-state index in [-0.39, 0.29) is 11.2 Å². The van der Waals surface area contributed by atoms with E-state index in [1.807, 2.05) is 6.08 Å². The minimum Gasteiger partial charge on any atom is -0.207 e. The molecule has 0 heterocycles. The second kappa shape index (κ2) is 5.64. The Labute approximate surface area is 108 Å². The summed E-state index contributed by atoms with van der Waals surface area (Å²) in [5.74, 6) is -0.251. The summed E-state index contributed by atoms with van der Waals surface area (Å²) in [4.78, 5) is 0. The van der Waals surface area contributed by atoms with Crippen LogP contribution in [0.25, 0.3) is 0 Å². The Morgan fingerprint density at radius 1 is 1.39 bits per heavy atom. The van der Waals surface area contributed by atoms with Crippen LogP contribution in [0.4, 0.5) is 4.39 Å². The summed E-state index contributed by atoms with van der Waals surface area (Å²) in [6.07, 6.45) is 8.57. The van der Waals surface area contributed by atoms with Crippen molar-refractivity contribution in [3.05, 3.63) is 59.5 Å². The van der Waals surface area contributed by atoms with Gasteiger partial charge < -0.3 is 0 Å². The molecule has 0 radical (unpaired) electrons. The average molecular weight is 243 g/mol. The van der Waals surface area contributed by atoms with Crippen molar-refractivity contribution in [2.75, 3.05) is 0 Å². The van der Waals surface area contributed by atoms with Crippen LogP contribution in [0.1, 0.15) is 27.2 Å². The number of hydrogen-bond donors (Lipinski definition) is 0. The van der Waals surface area contributed by atoms with Crippen LogP contribution in [-0.2, 0) is 0 Å². The highest BCUT2D eigenvalue weighted by Crippen LogP contribution is 2.26. The van der Waals surface area contributed by atoms with Gasteiger partial charge >= 0.3 is 0 Å². The Morgan fingerprint density at radius 3 is 2.50 bits per heavy atom. The zero-order valence-corrected chi connectivity index (χ0v) is 11.1. The lowest BCUT2D eigenvalue weighted by molar-refractivity contribution is 0.519. The fourth-order valence-electron chi connectivity index (χ4n) is 1.37. The van der Waals surface area contributed by atoms with Crippen LogP contribution in [0.5, 0.6) is 0 Å². The van der Waals surface area contributed by atoms with Crippen LogP contribution in [-0.4, -0.2) is 0 Å². The van der Waals surface area contributed by atoms with E-state index in [1.54, 1.807) is 12.2 Å². The zero-order chi connectivity index (χ0) is 13.8. The van der Waals surface area contributed by atoms with Gasteiger partial charge in [-0.25, -0.2) is 4.39 Å². The van der Waals surface area contributed by atoms with Crippen molar-refractivity contribution in [3.8, 4) is 6.07 Å². The minimum atomic E-state index is -0.251. The molecule has 0 N–H and O–H groups in total. The van der Waals surface area contributed by atoms with Crippen LogP contribution in [0.2, 0.25) is 0 Å². The molecule has 0 aromatic heterocycles. The Hall–Kier alpha value is -1.88. The molecular weight excluding hydrogens is 225 g/mol. The Kier molecular flexibility index (Phi) is 4.44. The third-order valence-electron chi connectivity index (χ3n) is 2.84. The molecule has 0 fully saturated rings. The average Bonchev–Trinajstić information content (AvgIpc) is 2.30. The molecule has 0 aromatic rings. The van der Waals surface area contributed by atoms with Crippen molar-refractivity contribution in [1.29, 1.82) is 5.26 Å². The van der Waals surface area contributed by atoms with Crippen molar-refractivity contribution >= 4 is 0 Å². The van der Waals surface area contributed by atoms with E-state index in [2.05, 4.69) is 33.4 Å². The van der Waals surface area contributed by atoms with Gasteiger partial charge in [0, 0.05) is 0 Å². The van der Waals surface area contributed by atoms with Gasteiger partial charge in [0.15, 0.2) is 0 Å². The molecule has 0 saturated carbocycles. The Morgan fingerprint density at radius 2 is 2.06 bits per heavy atom. The maximum Gasteiger partial charge on any atom is 0.119 e. The number of halogens is 1. The van der Waals surface area contributed by atoms with Crippen LogP contribution < -0.4 is 0 Å². The first-order valence-corrected chi connectivity index (χ1v) is 5.89. The van der Waals surface area contributed by atoms with E-state index in [4.69, 9.17) is 5.26 Å². The lowest BCUT2D eigenvalue weighted by atomic mass is 9.87. The predicted molar refractivity (Wildman–Crippen MR) is 73.3 cm³/mol. The summed E-state index contributed by atoms with van der Waals surface area (Å²) in [5, 5.41) is 9.12. The number of nitrogens with zero attached hydrogens (tertiary/aromatic N) is 1. The molecule has 0 spiro atoms.